The van der Waals surface area contributed by atoms with Crippen LogP contribution in [-0.2, 0) is 13.0 Å². The van der Waals surface area contributed by atoms with Crippen LogP contribution in [0.1, 0.15) is 31.7 Å². The molecule has 0 saturated carbocycles. The van der Waals surface area contributed by atoms with Crippen molar-refractivity contribution in [2.75, 3.05) is 0 Å². The molecule has 0 amide bonds. The highest BCUT2D eigenvalue weighted by atomic mass is 79.9. The predicted octanol–water partition coefficient (Wildman–Crippen LogP) is 1.46. The maximum absolute atomic E-state index is 12.2. The highest BCUT2D eigenvalue weighted by molar-refractivity contribution is 9.18. The van der Waals surface area contributed by atoms with Crippen molar-refractivity contribution in [2.45, 2.75) is 39.2 Å². The van der Waals surface area contributed by atoms with Crippen molar-refractivity contribution >= 4 is 32.1 Å². The molecule has 0 unspecified atom stereocenters. The Labute approximate surface area is 117 Å². The molecule has 3 rings (SSSR count). The molecule has 0 aromatic carbocycles. The van der Waals surface area contributed by atoms with Crippen LogP contribution in [0.15, 0.2) is 9.79 Å². The van der Waals surface area contributed by atoms with E-state index >= 15 is 0 Å². The van der Waals surface area contributed by atoms with Gasteiger partial charge in [0, 0.05) is 13.0 Å². The first kappa shape index (κ1) is 12.5. The monoisotopic (exact) mass is 324 g/mol. The number of aromatic nitrogens is 5. The molecule has 0 atom stereocenters. The summed E-state index contributed by atoms with van der Waals surface area (Å²) in [4.78, 5) is 16.6. The minimum absolute atomic E-state index is 0.181. The molecule has 0 bridgehead atoms. The van der Waals surface area contributed by atoms with Crippen molar-refractivity contribution in [3.8, 4) is 0 Å². The summed E-state index contributed by atoms with van der Waals surface area (Å²) in [6.07, 6.45) is 3.79. The molecule has 0 N–H and O–H groups in total. The Morgan fingerprint density at radius 2 is 2.21 bits per heavy atom. The molecule has 2 aromatic heterocycles. The lowest BCUT2D eigenvalue weighted by molar-refractivity contribution is 0.600. The normalized spacial score (nSPS) is 13.9. The molecule has 2 aromatic rings. The SMILES string of the molecule is CCCCCn1c2c(c(=O)n3nnnc13)CC(Br)=N2. The molecule has 1 aliphatic rings. The maximum Gasteiger partial charge on any atom is 0.282 e. The highest BCUT2D eigenvalue weighted by Crippen LogP contribution is 2.27. The van der Waals surface area contributed by atoms with Gasteiger partial charge in [0.2, 0.25) is 0 Å². The predicted molar refractivity (Wildman–Crippen MR) is 74.3 cm³/mol. The first-order chi connectivity index (χ1) is 9.22. The topological polar surface area (TPSA) is 77.4 Å². The molecular weight excluding hydrogens is 312 g/mol. The van der Waals surface area contributed by atoms with Gasteiger partial charge in [0.25, 0.3) is 11.3 Å². The van der Waals surface area contributed by atoms with E-state index in [2.05, 4.69) is 43.4 Å². The van der Waals surface area contributed by atoms with Gasteiger partial charge in [-0.15, -0.1) is 4.52 Å². The molecule has 1 aliphatic heterocycles. The van der Waals surface area contributed by atoms with E-state index in [4.69, 9.17) is 0 Å². The third kappa shape index (κ3) is 1.99. The van der Waals surface area contributed by atoms with E-state index in [1.807, 2.05) is 4.57 Å². The molecule has 0 fully saturated rings. The zero-order valence-electron chi connectivity index (χ0n) is 10.5. The summed E-state index contributed by atoms with van der Waals surface area (Å²) in [6.45, 7) is 2.92. The van der Waals surface area contributed by atoms with Gasteiger partial charge in [-0.2, -0.15) is 0 Å². The van der Waals surface area contributed by atoms with E-state index in [0.717, 1.165) is 30.4 Å². The summed E-state index contributed by atoms with van der Waals surface area (Å²) in [6, 6.07) is 0. The molecule has 100 valence electrons. The fraction of sp³-hybridized carbons (Fsp3) is 0.545. The lowest BCUT2D eigenvalue weighted by Gasteiger charge is -2.10. The zero-order chi connectivity index (χ0) is 13.4. The zero-order valence-corrected chi connectivity index (χ0v) is 12.1. The molecule has 19 heavy (non-hydrogen) atoms. The highest BCUT2D eigenvalue weighted by Gasteiger charge is 2.24. The summed E-state index contributed by atoms with van der Waals surface area (Å²) in [5.74, 6) is 1.15. The summed E-state index contributed by atoms with van der Waals surface area (Å²) < 4.78 is 3.96. The van der Waals surface area contributed by atoms with Gasteiger partial charge < -0.3 is 0 Å². The maximum atomic E-state index is 12.2. The molecule has 0 aliphatic carbocycles. The van der Waals surface area contributed by atoms with Gasteiger partial charge in [-0.1, -0.05) is 24.9 Å². The average Bonchev–Trinajstić information content (AvgIpc) is 3.00. The number of nitrogens with zero attached hydrogens (tertiary/aromatic N) is 6. The van der Waals surface area contributed by atoms with Gasteiger partial charge in [0.05, 0.1) is 10.2 Å². The Hall–Kier alpha value is -1.57. The van der Waals surface area contributed by atoms with Gasteiger partial charge >= 0.3 is 0 Å². The largest absolute Gasteiger partial charge is 0.293 e. The minimum atomic E-state index is -0.181. The Bertz CT molecular complexity index is 716. The number of unbranched alkanes of at least 4 members (excludes halogenated alkanes) is 2. The lowest BCUT2D eigenvalue weighted by atomic mass is 10.2. The third-order valence-electron chi connectivity index (χ3n) is 3.21. The molecule has 3 heterocycles. The summed E-state index contributed by atoms with van der Waals surface area (Å²) in [5, 5.41) is 11.3. The molecular formula is C11H13BrN6O. The quantitative estimate of drug-likeness (QED) is 0.797. The van der Waals surface area contributed by atoms with Crippen molar-refractivity contribution < 1.29 is 0 Å². The fourth-order valence-electron chi connectivity index (χ4n) is 2.27. The Morgan fingerprint density at radius 3 is 3.00 bits per heavy atom. The van der Waals surface area contributed by atoms with E-state index in [-0.39, 0.29) is 5.56 Å². The van der Waals surface area contributed by atoms with Gasteiger partial charge in [-0.25, -0.2) is 4.99 Å². The van der Waals surface area contributed by atoms with Crippen LogP contribution in [0, 0.1) is 0 Å². The Kier molecular flexibility index (Phi) is 3.17. The van der Waals surface area contributed by atoms with Crippen LogP contribution < -0.4 is 5.56 Å². The van der Waals surface area contributed by atoms with Crippen LogP contribution in [0.3, 0.4) is 0 Å². The van der Waals surface area contributed by atoms with E-state index in [0.29, 0.717) is 23.6 Å². The Balaban J connectivity index is 2.17. The average molecular weight is 325 g/mol. The second-order valence-corrected chi connectivity index (χ2v) is 5.44. The number of aliphatic imine (C=N–C) groups is 1. The van der Waals surface area contributed by atoms with Gasteiger partial charge in [0.1, 0.15) is 5.82 Å². The van der Waals surface area contributed by atoms with Crippen LogP contribution in [0.25, 0.3) is 5.78 Å². The number of halogens is 1. The first-order valence-corrected chi connectivity index (χ1v) is 7.08. The van der Waals surface area contributed by atoms with Crippen LogP contribution >= 0.6 is 15.9 Å². The number of rotatable bonds is 4. The van der Waals surface area contributed by atoms with Crippen molar-refractivity contribution in [2.24, 2.45) is 4.99 Å². The van der Waals surface area contributed by atoms with Crippen LogP contribution in [0.4, 0.5) is 5.82 Å². The smallest absolute Gasteiger partial charge is 0.282 e. The van der Waals surface area contributed by atoms with Crippen molar-refractivity contribution in [1.82, 2.24) is 24.6 Å². The van der Waals surface area contributed by atoms with E-state index < -0.39 is 0 Å². The van der Waals surface area contributed by atoms with Gasteiger partial charge in [-0.3, -0.25) is 9.36 Å². The Morgan fingerprint density at radius 1 is 1.37 bits per heavy atom. The number of hydrogen-bond acceptors (Lipinski definition) is 5. The summed E-state index contributed by atoms with van der Waals surface area (Å²) in [7, 11) is 0. The van der Waals surface area contributed by atoms with Crippen molar-refractivity contribution in [3.05, 3.63) is 15.9 Å². The number of fused-ring (bicyclic) bond motifs is 2. The molecule has 0 radical (unpaired) electrons. The lowest BCUT2D eigenvalue weighted by Crippen LogP contribution is -2.23. The second kappa shape index (κ2) is 4.84. The van der Waals surface area contributed by atoms with E-state index in [1.54, 1.807) is 0 Å². The van der Waals surface area contributed by atoms with Gasteiger partial charge in [-0.05, 0) is 32.8 Å². The van der Waals surface area contributed by atoms with Crippen LogP contribution in [-0.4, -0.2) is 29.2 Å². The summed E-state index contributed by atoms with van der Waals surface area (Å²) >= 11 is 3.36. The molecule has 7 nitrogen and oxygen atoms in total. The van der Waals surface area contributed by atoms with Crippen molar-refractivity contribution in [1.29, 1.82) is 0 Å². The standard InChI is InChI=1S/C11H13BrN6O/c1-2-3-4-5-17-9-7(6-8(12)13-9)10(19)18-11(17)14-15-16-18/h2-6H2,1H3. The number of aryl methyl sites for hydroxylation is 1. The number of tetrazole rings is 1. The number of hydrogen-bond donors (Lipinski definition) is 0. The third-order valence-corrected chi connectivity index (χ3v) is 3.66. The van der Waals surface area contributed by atoms with Crippen LogP contribution in [0.5, 0.6) is 0 Å². The van der Waals surface area contributed by atoms with Gasteiger partial charge in [0.15, 0.2) is 0 Å². The first-order valence-electron chi connectivity index (χ1n) is 6.29. The fourth-order valence-corrected chi connectivity index (χ4v) is 2.72. The molecule has 0 spiro atoms. The van der Waals surface area contributed by atoms with E-state index in [1.165, 1.54) is 4.52 Å². The summed E-state index contributed by atoms with van der Waals surface area (Å²) in [5.41, 5.74) is 0.475. The minimum Gasteiger partial charge on any atom is -0.293 e. The van der Waals surface area contributed by atoms with Crippen LogP contribution in [0.2, 0.25) is 0 Å². The molecule has 8 heteroatoms. The van der Waals surface area contributed by atoms with E-state index in [9.17, 15) is 4.79 Å². The second-order valence-electron chi connectivity index (χ2n) is 4.52. The molecule has 0 saturated heterocycles. The van der Waals surface area contributed by atoms with Crippen molar-refractivity contribution in [3.63, 3.8) is 0 Å².